The van der Waals surface area contributed by atoms with Gasteiger partial charge in [0.2, 0.25) is 0 Å². The average Bonchev–Trinajstić information content (AvgIpc) is 2.81. The lowest BCUT2D eigenvalue weighted by atomic mass is 9.95. The van der Waals surface area contributed by atoms with Crippen molar-refractivity contribution < 1.29 is 9.84 Å². The van der Waals surface area contributed by atoms with Crippen LogP contribution in [0.5, 0.6) is 5.75 Å². The van der Waals surface area contributed by atoms with Crippen molar-refractivity contribution in [1.29, 1.82) is 0 Å². The largest absolute Gasteiger partial charge is 0.487 e. The third-order valence-electron chi connectivity index (χ3n) is 3.77. The van der Waals surface area contributed by atoms with E-state index < -0.39 is 6.10 Å². The van der Waals surface area contributed by atoms with Gasteiger partial charge >= 0.3 is 0 Å². The van der Waals surface area contributed by atoms with E-state index in [1.54, 1.807) is 0 Å². The lowest BCUT2D eigenvalue weighted by Crippen LogP contribution is -2.23. The number of fused-ring (bicyclic) bond motifs is 1. The number of ether oxygens (including phenoxy) is 1. The monoisotopic (exact) mass is 254 g/mol. The molecule has 2 unspecified atom stereocenters. The van der Waals surface area contributed by atoms with Crippen LogP contribution in [0.3, 0.4) is 0 Å². The van der Waals surface area contributed by atoms with Crippen LogP contribution in [0.1, 0.15) is 28.4 Å². The fourth-order valence-electron chi connectivity index (χ4n) is 2.74. The molecule has 0 amide bonds. The molecule has 98 valence electrons. The van der Waals surface area contributed by atoms with E-state index in [-0.39, 0.29) is 6.10 Å². The fourth-order valence-corrected chi connectivity index (χ4v) is 2.74. The second-order valence-electron chi connectivity index (χ2n) is 5.27. The van der Waals surface area contributed by atoms with E-state index in [4.69, 9.17) is 4.74 Å². The van der Waals surface area contributed by atoms with Crippen molar-refractivity contribution >= 4 is 0 Å². The Morgan fingerprint density at radius 1 is 1.16 bits per heavy atom. The molecule has 2 heteroatoms. The molecule has 0 saturated heterocycles. The molecule has 2 aromatic carbocycles. The molecule has 19 heavy (non-hydrogen) atoms. The van der Waals surface area contributed by atoms with Crippen LogP contribution in [-0.2, 0) is 6.42 Å². The van der Waals surface area contributed by atoms with E-state index in [2.05, 4.69) is 19.1 Å². The molecule has 1 N–H and O–H groups in total. The first kappa shape index (κ1) is 12.2. The first-order valence-electron chi connectivity index (χ1n) is 6.65. The zero-order valence-electron chi connectivity index (χ0n) is 11.3. The minimum Gasteiger partial charge on any atom is -0.487 e. The van der Waals surface area contributed by atoms with Crippen LogP contribution in [0.4, 0.5) is 0 Å². The molecule has 3 rings (SSSR count). The highest BCUT2D eigenvalue weighted by Crippen LogP contribution is 2.34. The summed E-state index contributed by atoms with van der Waals surface area (Å²) in [5.41, 5.74) is 4.47. The van der Waals surface area contributed by atoms with Crippen LogP contribution in [0, 0.1) is 13.8 Å². The third kappa shape index (κ3) is 2.24. The zero-order valence-corrected chi connectivity index (χ0v) is 11.3. The van der Waals surface area contributed by atoms with Crippen molar-refractivity contribution in [3.05, 3.63) is 64.7 Å². The van der Waals surface area contributed by atoms with Gasteiger partial charge in [0.25, 0.3) is 0 Å². The summed E-state index contributed by atoms with van der Waals surface area (Å²) in [7, 11) is 0. The number of hydrogen-bond acceptors (Lipinski definition) is 2. The van der Waals surface area contributed by atoms with Crippen LogP contribution in [-0.4, -0.2) is 11.2 Å². The van der Waals surface area contributed by atoms with Crippen molar-refractivity contribution in [3.8, 4) is 5.75 Å². The van der Waals surface area contributed by atoms with Gasteiger partial charge in [-0.1, -0.05) is 42.0 Å². The number of rotatable bonds is 2. The summed E-state index contributed by atoms with van der Waals surface area (Å²) in [5.74, 6) is 0.899. The molecule has 1 aliphatic rings. The van der Waals surface area contributed by atoms with Crippen molar-refractivity contribution in [2.24, 2.45) is 0 Å². The van der Waals surface area contributed by atoms with E-state index in [1.165, 1.54) is 11.1 Å². The van der Waals surface area contributed by atoms with Crippen LogP contribution in [0.15, 0.2) is 42.5 Å². The lowest BCUT2D eigenvalue weighted by Gasteiger charge is -2.20. The standard InChI is InChI=1S/C17H18O2/c1-11-7-8-14(12(2)9-11)17(18)16-10-13-5-3-4-6-15(13)19-16/h3-9,16-18H,10H2,1-2H3. The number of aryl methyl sites for hydroxylation is 2. The van der Waals surface area contributed by atoms with Crippen LogP contribution in [0.2, 0.25) is 0 Å². The highest BCUT2D eigenvalue weighted by atomic mass is 16.5. The van der Waals surface area contributed by atoms with E-state index in [0.717, 1.165) is 23.3 Å². The number of para-hydroxylation sites is 1. The van der Waals surface area contributed by atoms with Gasteiger partial charge in [0, 0.05) is 6.42 Å². The number of aliphatic hydroxyl groups is 1. The van der Waals surface area contributed by atoms with Crippen molar-refractivity contribution in [2.75, 3.05) is 0 Å². The maximum Gasteiger partial charge on any atom is 0.133 e. The molecule has 2 atom stereocenters. The smallest absolute Gasteiger partial charge is 0.133 e. The van der Waals surface area contributed by atoms with Crippen molar-refractivity contribution in [3.63, 3.8) is 0 Å². The number of benzene rings is 2. The molecule has 0 aromatic heterocycles. The van der Waals surface area contributed by atoms with Crippen LogP contribution in [0.25, 0.3) is 0 Å². The van der Waals surface area contributed by atoms with Crippen molar-refractivity contribution in [1.82, 2.24) is 0 Å². The Labute approximate surface area is 113 Å². The normalized spacial score (nSPS) is 18.8. The van der Waals surface area contributed by atoms with Gasteiger partial charge in [-0.2, -0.15) is 0 Å². The van der Waals surface area contributed by atoms with Gasteiger partial charge in [-0.25, -0.2) is 0 Å². The molecular formula is C17H18O2. The van der Waals surface area contributed by atoms with Crippen molar-refractivity contribution in [2.45, 2.75) is 32.5 Å². The summed E-state index contributed by atoms with van der Waals surface area (Å²) in [6, 6.07) is 14.1. The van der Waals surface area contributed by atoms with Gasteiger partial charge in [-0.05, 0) is 36.6 Å². The topological polar surface area (TPSA) is 29.5 Å². The molecule has 0 radical (unpaired) electrons. The molecule has 1 aliphatic heterocycles. The molecule has 0 bridgehead atoms. The molecule has 0 saturated carbocycles. The Bertz CT molecular complexity index is 579. The summed E-state index contributed by atoms with van der Waals surface area (Å²) >= 11 is 0. The number of hydrogen-bond donors (Lipinski definition) is 1. The highest BCUT2D eigenvalue weighted by molar-refractivity contribution is 5.39. The predicted octanol–water partition coefficient (Wildman–Crippen LogP) is 3.34. The first-order chi connectivity index (χ1) is 9.15. The Morgan fingerprint density at radius 3 is 2.68 bits per heavy atom. The Kier molecular flexibility index (Phi) is 3.03. The second kappa shape index (κ2) is 4.71. The summed E-state index contributed by atoms with van der Waals surface area (Å²) < 4.78 is 5.86. The quantitative estimate of drug-likeness (QED) is 0.890. The van der Waals surface area contributed by atoms with E-state index >= 15 is 0 Å². The third-order valence-corrected chi connectivity index (χ3v) is 3.77. The van der Waals surface area contributed by atoms with E-state index in [9.17, 15) is 5.11 Å². The molecule has 1 heterocycles. The Balaban J connectivity index is 1.85. The maximum absolute atomic E-state index is 10.5. The Morgan fingerprint density at radius 2 is 1.95 bits per heavy atom. The first-order valence-corrected chi connectivity index (χ1v) is 6.65. The summed E-state index contributed by atoms with van der Waals surface area (Å²) in [5, 5.41) is 10.5. The predicted molar refractivity (Wildman–Crippen MR) is 75.4 cm³/mol. The molecular weight excluding hydrogens is 236 g/mol. The lowest BCUT2D eigenvalue weighted by molar-refractivity contribution is 0.0488. The summed E-state index contributed by atoms with van der Waals surface area (Å²) in [6.45, 7) is 4.10. The Hall–Kier alpha value is -1.80. The van der Waals surface area contributed by atoms with Gasteiger partial charge in [-0.15, -0.1) is 0 Å². The minimum atomic E-state index is -0.576. The van der Waals surface area contributed by atoms with Crippen LogP contribution >= 0.6 is 0 Å². The SMILES string of the molecule is Cc1ccc(C(O)C2Cc3ccccc3O2)c(C)c1. The van der Waals surface area contributed by atoms with Crippen LogP contribution < -0.4 is 4.74 Å². The second-order valence-corrected chi connectivity index (χ2v) is 5.27. The maximum atomic E-state index is 10.5. The van der Waals surface area contributed by atoms with E-state index in [1.807, 2.05) is 37.3 Å². The van der Waals surface area contributed by atoms with Gasteiger partial charge in [0.05, 0.1) is 0 Å². The van der Waals surface area contributed by atoms with Gasteiger partial charge in [-0.3, -0.25) is 0 Å². The van der Waals surface area contributed by atoms with Gasteiger partial charge in [0.1, 0.15) is 18.0 Å². The van der Waals surface area contributed by atoms with Gasteiger partial charge < -0.3 is 9.84 Å². The molecule has 0 aliphatic carbocycles. The molecule has 2 aromatic rings. The average molecular weight is 254 g/mol. The molecule has 0 spiro atoms. The fraction of sp³-hybridized carbons (Fsp3) is 0.294. The molecule has 2 nitrogen and oxygen atoms in total. The number of aliphatic hydroxyl groups excluding tert-OH is 1. The van der Waals surface area contributed by atoms with Gasteiger partial charge in [0.15, 0.2) is 0 Å². The summed E-state index contributed by atoms with van der Waals surface area (Å²) in [6.07, 6.45) is 0.0109. The summed E-state index contributed by atoms with van der Waals surface area (Å²) in [4.78, 5) is 0. The molecule has 0 fully saturated rings. The minimum absolute atomic E-state index is 0.182. The zero-order chi connectivity index (χ0) is 13.4. The highest BCUT2D eigenvalue weighted by Gasteiger charge is 2.30. The van der Waals surface area contributed by atoms with E-state index in [0.29, 0.717) is 0 Å².